The number of hydrogen-bond acceptors (Lipinski definition) is 8. The minimum absolute atomic E-state index is 0.221. The van der Waals surface area contributed by atoms with Crippen LogP contribution in [-0.2, 0) is 25.2 Å². The fraction of sp³-hybridized carbons (Fsp3) is 0.538. The molecular weight excluding hydrogens is 529 g/mol. The molecule has 1 fully saturated rings. The number of aliphatic hydroxyl groups is 4. The second kappa shape index (κ2) is 11.2. The van der Waals surface area contributed by atoms with Gasteiger partial charge < -0.3 is 25.2 Å². The van der Waals surface area contributed by atoms with Gasteiger partial charge in [-0.2, -0.15) is 22.0 Å². The predicted octanol–water partition coefficient (Wildman–Crippen LogP) is 2.89. The molecule has 0 spiro atoms. The molecule has 0 aliphatic carbocycles. The lowest BCUT2D eigenvalue weighted by Crippen LogP contribution is -2.56. The minimum Gasteiger partial charge on any atom is -0.491 e. The number of aliphatic hydroxyl groups excluding tert-OH is 4. The van der Waals surface area contributed by atoms with E-state index < -0.39 is 60.3 Å². The van der Waals surface area contributed by atoms with Gasteiger partial charge in [0.1, 0.15) is 24.4 Å². The van der Waals surface area contributed by atoms with Crippen LogP contribution in [0.25, 0.3) is 0 Å². The summed E-state index contributed by atoms with van der Waals surface area (Å²) in [6.07, 6.45) is -10.4. The third-order valence-corrected chi connectivity index (χ3v) is 6.91. The molecule has 8 nitrogen and oxygen atoms in total. The summed E-state index contributed by atoms with van der Waals surface area (Å²) in [5, 5.41) is 45.7. The van der Waals surface area contributed by atoms with E-state index in [-0.39, 0.29) is 18.8 Å². The molecule has 0 radical (unpaired) electrons. The summed E-state index contributed by atoms with van der Waals surface area (Å²) in [7, 11) is 0. The van der Waals surface area contributed by atoms with Gasteiger partial charge in [-0.25, -0.2) is 0 Å². The van der Waals surface area contributed by atoms with E-state index in [0.717, 1.165) is 6.07 Å². The van der Waals surface area contributed by atoms with Crippen molar-refractivity contribution >= 4 is 0 Å². The predicted molar refractivity (Wildman–Crippen MR) is 129 cm³/mol. The topological polar surface area (TPSA) is 117 Å². The third kappa shape index (κ3) is 6.35. The first-order valence-corrected chi connectivity index (χ1v) is 12.5. The zero-order valence-electron chi connectivity index (χ0n) is 21.3. The molecule has 6 N–H and O–H groups in total. The van der Waals surface area contributed by atoms with Crippen molar-refractivity contribution in [2.45, 2.75) is 88.9 Å². The van der Waals surface area contributed by atoms with Crippen LogP contribution in [-0.4, -0.2) is 56.2 Å². The highest BCUT2D eigenvalue weighted by Crippen LogP contribution is 2.43. The van der Waals surface area contributed by atoms with Gasteiger partial charge >= 0.3 is 12.1 Å². The standard InChI is InChI=1S/C26H32F5N3O5/c1-13(2)39-16-4-6-18(19(10-16)26(29,30)31)25(27,28)24(38)32-11-14-3-5-17-15(9-14)12-34(23(17)37)20-7-8-21(35)33-22(20)36/h3-6,9-10,13,20-24,32-33,35-38H,7-8,11-12H2,1-2H3/t20?,21-,22+,23-,24-/m0/s1. The second-order valence-electron chi connectivity index (χ2n) is 10.1. The molecular formula is C26H32F5N3O5. The van der Waals surface area contributed by atoms with Crippen molar-refractivity contribution < 1.29 is 47.1 Å². The number of halogens is 5. The first kappa shape index (κ1) is 29.6. The summed E-state index contributed by atoms with van der Waals surface area (Å²) in [6.45, 7) is 3.11. The molecule has 0 amide bonds. The van der Waals surface area contributed by atoms with Gasteiger partial charge in [-0.1, -0.05) is 18.2 Å². The molecule has 0 bridgehead atoms. The highest BCUT2D eigenvalue weighted by molar-refractivity contribution is 5.41. The smallest absolute Gasteiger partial charge is 0.417 e. The van der Waals surface area contributed by atoms with Gasteiger partial charge in [0.15, 0.2) is 6.23 Å². The minimum atomic E-state index is -5.11. The number of ether oxygens (including phenoxy) is 1. The SMILES string of the molecule is CC(C)Oc1ccc(C(F)(F)[C@H](O)NCc2ccc3c(c2)CN(C2CC[C@H](O)N[C@@H]2O)[C@H]3O)c(C(F)(F)F)c1. The van der Waals surface area contributed by atoms with E-state index in [4.69, 9.17) is 4.74 Å². The van der Waals surface area contributed by atoms with E-state index in [9.17, 15) is 33.6 Å². The molecule has 39 heavy (non-hydrogen) atoms. The number of fused-ring (bicyclic) bond motifs is 1. The Kier molecular flexibility index (Phi) is 8.53. The molecule has 0 saturated carbocycles. The van der Waals surface area contributed by atoms with Crippen LogP contribution in [0.4, 0.5) is 22.0 Å². The molecule has 13 heteroatoms. The molecule has 2 aromatic carbocycles. The molecule has 2 heterocycles. The molecule has 1 unspecified atom stereocenters. The van der Waals surface area contributed by atoms with Crippen LogP contribution in [0, 0.1) is 0 Å². The number of hydrogen-bond donors (Lipinski definition) is 6. The summed E-state index contributed by atoms with van der Waals surface area (Å²) in [4.78, 5) is 1.65. The van der Waals surface area contributed by atoms with Crippen molar-refractivity contribution in [3.05, 3.63) is 64.2 Å². The van der Waals surface area contributed by atoms with E-state index in [0.29, 0.717) is 41.7 Å². The fourth-order valence-corrected chi connectivity index (χ4v) is 5.03. The molecule has 4 rings (SSSR count). The Balaban J connectivity index is 1.46. The van der Waals surface area contributed by atoms with Crippen LogP contribution in [0.1, 0.15) is 60.7 Å². The maximum Gasteiger partial charge on any atom is 0.417 e. The summed E-state index contributed by atoms with van der Waals surface area (Å²) < 4.78 is 76.3. The van der Waals surface area contributed by atoms with Crippen molar-refractivity contribution in [2.24, 2.45) is 0 Å². The Labute approximate surface area is 222 Å². The molecule has 0 aromatic heterocycles. The Morgan fingerprint density at radius 2 is 1.74 bits per heavy atom. The van der Waals surface area contributed by atoms with Crippen LogP contribution in [0.5, 0.6) is 5.75 Å². The van der Waals surface area contributed by atoms with Crippen molar-refractivity contribution in [2.75, 3.05) is 0 Å². The van der Waals surface area contributed by atoms with Gasteiger partial charge in [0.25, 0.3) is 0 Å². The van der Waals surface area contributed by atoms with E-state index in [1.807, 2.05) is 0 Å². The average Bonchev–Trinajstić information content (AvgIpc) is 3.16. The van der Waals surface area contributed by atoms with Gasteiger partial charge in [0, 0.05) is 18.7 Å². The number of benzene rings is 2. The quantitative estimate of drug-likeness (QED) is 0.215. The molecule has 1 saturated heterocycles. The van der Waals surface area contributed by atoms with Crippen molar-refractivity contribution in [1.29, 1.82) is 0 Å². The van der Waals surface area contributed by atoms with Gasteiger partial charge in [-0.3, -0.25) is 15.5 Å². The normalized spacial score (nSPS) is 25.1. The van der Waals surface area contributed by atoms with Crippen LogP contribution in [0.2, 0.25) is 0 Å². The summed E-state index contributed by atoms with van der Waals surface area (Å²) in [5.74, 6) is -4.51. The fourth-order valence-electron chi connectivity index (χ4n) is 5.03. The number of piperidine rings is 1. The highest BCUT2D eigenvalue weighted by atomic mass is 19.4. The lowest BCUT2D eigenvalue weighted by molar-refractivity contribution is -0.155. The average molecular weight is 562 g/mol. The van der Waals surface area contributed by atoms with Crippen LogP contribution >= 0.6 is 0 Å². The van der Waals surface area contributed by atoms with Gasteiger partial charge in [0.2, 0.25) is 0 Å². The zero-order chi connectivity index (χ0) is 28.7. The van der Waals surface area contributed by atoms with Crippen LogP contribution in [0.15, 0.2) is 36.4 Å². The Morgan fingerprint density at radius 3 is 2.38 bits per heavy atom. The highest BCUT2D eigenvalue weighted by Gasteiger charge is 2.47. The zero-order valence-corrected chi connectivity index (χ0v) is 21.3. The van der Waals surface area contributed by atoms with E-state index in [1.54, 1.807) is 36.9 Å². The third-order valence-electron chi connectivity index (χ3n) is 6.91. The van der Waals surface area contributed by atoms with Gasteiger partial charge in [-0.05, 0) is 61.6 Å². The monoisotopic (exact) mass is 561 g/mol. The maximum absolute atomic E-state index is 15.1. The van der Waals surface area contributed by atoms with Crippen LogP contribution in [0.3, 0.4) is 0 Å². The van der Waals surface area contributed by atoms with Gasteiger partial charge in [0.05, 0.1) is 17.7 Å². The maximum atomic E-state index is 15.1. The van der Waals surface area contributed by atoms with E-state index in [1.165, 1.54) is 0 Å². The Bertz CT molecular complexity index is 1170. The molecule has 5 atom stereocenters. The second-order valence-corrected chi connectivity index (χ2v) is 10.1. The van der Waals surface area contributed by atoms with E-state index >= 15 is 8.78 Å². The first-order valence-electron chi connectivity index (χ1n) is 12.5. The summed E-state index contributed by atoms with van der Waals surface area (Å²) in [6, 6.07) is 6.39. The summed E-state index contributed by atoms with van der Waals surface area (Å²) in [5.41, 5.74) is -1.32. The lowest BCUT2D eigenvalue weighted by atomic mass is 9.99. The van der Waals surface area contributed by atoms with Crippen LogP contribution < -0.4 is 15.4 Å². The Morgan fingerprint density at radius 1 is 1.03 bits per heavy atom. The van der Waals surface area contributed by atoms with Gasteiger partial charge in [-0.15, -0.1) is 0 Å². The van der Waals surface area contributed by atoms with Crippen molar-refractivity contribution in [1.82, 2.24) is 15.5 Å². The molecule has 216 valence electrons. The number of rotatable bonds is 8. The van der Waals surface area contributed by atoms with Crippen molar-refractivity contribution in [3.63, 3.8) is 0 Å². The Hall–Kier alpha value is -2.39. The number of nitrogens with one attached hydrogen (secondary N) is 2. The number of nitrogens with zero attached hydrogens (tertiary/aromatic N) is 1. The lowest BCUT2D eigenvalue weighted by Gasteiger charge is -2.39. The summed E-state index contributed by atoms with van der Waals surface area (Å²) >= 11 is 0. The molecule has 2 aliphatic rings. The first-order chi connectivity index (χ1) is 18.2. The largest absolute Gasteiger partial charge is 0.491 e. The number of alkyl halides is 5. The van der Waals surface area contributed by atoms with Crippen molar-refractivity contribution in [3.8, 4) is 5.75 Å². The molecule has 2 aliphatic heterocycles. The van der Waals surface area contributed by atoms with E-state index in [2.05, 4.69) is 10.6 Å². The molecule has 2 aromatic rings.